The van der Waals surface area contributed by atoms with Crippen molar-refractivity contribution in [2.24, 2.45) is 5.92 Å². The standard InChI is InChI=1S/C15H15N3O4/c19-13-7-10(8-18(13)9-11-3-2-6-22-11)14(20)17-12-4-1-5-16-15(12)21/h1-6,10H,7-9H2,(H,16,21)(H,17,20)/t10-/m1/s1. The normalized spacial score (nSPS) is 17.7. The van der Waals surface area contributed by atoms with Gasteiger partial charge in [-0.3, -0.25) is 14.4 Å². The lowest BCUT2D eigenvalue weighted by molar-refractivity contribution is -0.128. The average molecular weight is 301 g/mol. The van der Waals surface area contributed by atoms with Gasteiger partial charge in [0.15, 0.2) is 0 Å². The second kappa shape index (κ2) is 5.88. The van der Waals surface area contributed by atoms with E-state index in [9.17, 15) is 14.4 Å². The lowest BCUT2D eigenvalue weighted by Crippen LogP contribution is -2.29. The number of rotatable bonds is 4. The topological polar surface area (TPSA) is 95.4 Å². The Labute approximate surface area is 125 Å². The minimum absolute atomic E-state index is 0.0986. The number of amides is 2. The first kappa shape index (κ1) is 14.1. The van der Waals surface area contributed by atoms with Gasteiger partial charge in [-0.25, -0.2) is 0 Å². The minimum Gasteiger partial charge on any atom is -0.467 e. The van der Waals surface area contributed by atoms with Crippen LogP contribution in [0.25, 0.3) is 0 Å². The van der Waals surface area contributed by atoms with Gasteiger partial charge in [-0.2, -0.15) is 0 Å². The Morgan fingerprint density at radius 3 is 2.95 bits per heavy atom. The number of aromatic amines is 1. The predicted molar refractivity (Wildman–Crippen MR) is 77.9 cm³/mol. The fraction of sp³-hybridized carbons (Fsp3) is 0.267. The molecule has 114 valence electrons. The number of carbonyl (C=O) groups is 2. The average Bonchev–Trinajstić information content (AvgIpc) is 3.13. The van der Waals surface area contributed by atoms with Gasteiger partial charge in [0, 0.05) is 19.2 Å². The first-order valence-electron chi connectivity index (χ1n) is 6.92. The molecule has 0 radical (unpaired) electrons. The summed E-state index contributed by atoms with van der Waals surface area (Å²) in [6.45, 7) is 0.664. The van der Waals surface area contributed by atoms with E-state index in [4.69, 9.17) is 4.42 Å². The molecular formula is C15H15N3O4. The number of H-pyrrole nitrogens is 1. The Hall–Kier alpha value is -2.83. The largest absolute Gasteiger partial charge is 0.467 e. The Kier molecular flexibility index (Phi) is 3.78. The SMILES string of the molecule is O=C(Nc1ccc[nH]c1=O)[C@@H]1CC(=O)N(Cc2ccco2)C1. The van der Waals surface area contributed by atoms with E-state index in [0.717, 1.165) is 0 Å². The van der Waals surface area contributed by atoms with Gasteiger partial charge in [-0.05, 0) is 24.3 Å². The van der Waals surface area contributed by atoms with Gasteiger partial charge in [0.2, 0.25) is 11.8 Å². The maximum Gasteiger partial charge on any atom is 0.271 e. The molecule has 1 fully saturated rings. The first-order chi connectivity index (χ1) is 10.6. The number of aromatic nitrogens is 1. The van der Waals surface area contributed by atoms with Crippen molar-refractivity contribution in [3.63, 3.8) is 0 Å². The summed E-state index contributed by atoms with van der Waals surface area (Å²) in [5.41, 5.74) is -0.183. The van der Waals surface area contributed by atoms with E-state index in [1.807, 2.05) is 0 Å². The molecule has 1 aliphatic heterocycles. The van der Waals surface area contributed by atoms with Crippen molar-refractivity contribution in [1.29, 1.82) is 0 Å². The van der Waals surface area contributed by atoms with Gasteiger partial charge in [0.1, 0.15) is 11.4 Å². The first-order valence-corrected chi connectivity index (χ1v) is 6.92. The molecule has 0 spiro atoms. The molecule has 0 aromatic carbocycles. The van der Waals surface area contributed by atoms with Gasteiger partial charge < -0.3 is 19.6 Å². The quantitative estimate of drug-likeness (QED) is 0.879. The highest BCUT2D eigenvalue weighted by atomic mass is 16.3. The van der Waals surface area contributed by atoms with E-state index in [2.05, 4.69) is 10.3 Å². The lowest BCUT2D eigenvalue weighted by Gasteiger charge is -2.14. The van der Waals surface area contributed by atoms with E-state index in [-0.39, 0.29) is 29.5 Å². The Morgan fingerprint density at radius 1 is 1.36 bits per heavy atom. The van der Waals surface area contributed by atoms with Crippen LogP contribution < -0.4 is 10.9 Å². The van der Waals surface area contributed by atoms with Gasteiger partial charge in [-0.1, -0.05) is 0 Å². The van der Waals surface area contributed by atoms with E-state index in [0.29, 0.717) is 18.8 Å². The highest BCUT2D eigenvalue weighted by molar-refractivity contribution is 5.97. The summed E-state index contributed by atoms with van der Waals surface area (Å²) in [5.74, 6) is -0.221. The van der Waals surface area contributed by atoms with Crippen LogP contribution >= 0.6 is 0 Å². The summed E-state index contributed by atoms with van der Waals surface area (Å²) in [6.07, 6.45) is 3.17. The highest BCUT2D eigenvalue weighted by Crippen LogP contribution is 2.21. The number of carbonyl (C=O) groups excluding carboxylic acids is 2. The summed E-state index contributed by atoms with van der Waals surface area (Å²) in [6, 6.07) is 6.68. The zero-order valence-corrected chi connectivity index (χ0v) is 11.7. The van der Waals surface area contributed by atoms with Crippen molar-refractivity contribution in [3.05, 3.63) is 52.8 Å². The molecular weight excluding hydrogens is 286 g/mol. The summed E-state index contributed by atoms with van der Waals surface area (Å²) >= 11 is 0. The summed E-state index contributed by atoms with van der Waals surface area (Å²) < 4.78 is 5.21. The molecule has 1 aliphatic rings. The van der Waals surface area contributed by atoms with Crippen LogP contribution in [0, 0.1) is 5.92 Å². The molecule has 0 bridgehead atoms. The van der Waals surface area contributed by atoms with Crippen molar-refractivity contribution in [1.82, 2.24) is 9.88 Å². The van der Waals surface area contributed by atoms with Crippen LogP contribution in [0.15, 0.2) is 45.9 Å². The number of hydrogen-bond acceptors (Lipinski definition) is 4. The summed E-state index contributed by atoms with van der Waals surface area (Å²) in [5, 5.41) is 2.57. The molecule has 1 saturated heterocycles. The molecule has 3 rings (SSSR count). The number of nitrogens with one attached hydrogen (secondary N) is 2. The second-order valence-corrected chi connectivity index (χ2v) is 5.16. The van der Waals surface area contributed by atoms with Crippen LogP contribution in [0.3, 0.4) is 0 Å². The van der Waals surface area contributed by atoms with E-state index >= 15 is 0 Å². The molecule has 0 saturated carbocycles. The second-order valence-electron chi connectivity index (χ2n) is 5.16. The zero-order chi connectivity index (χ0) is 15.5. The Balaban J connectivity index is 1.64. The maximum absolute atomic E-state index is 12.2. The molecule has 1 atom stereocenters. The Morgan fingerprint density at radius 2 is 2.23 bits per heavy atom. The van der Waals surface area contributed by atoms with Crippen molar-refractivity contribution in [2.75, 3.05) is 11.9 Å². The predicted octanol–water partition coefficient (Wildman–Crippen LogP) is 0.955. The monoisotopic (exact) mass is 301 g/mol. The summed E-state index contributed by atoms with van der Waals surface area (Å²) in [7, 11) is 0. The molecule has 2 aromatic heterocycles. The molecule has 7 heteroatoms. The van der Waals surface area contributed by atoms with Gasteiger partial charge in [0.05, 0.1) is 18.7 Å². The molecule has 2 amide bonds. The number of pyridine rings is 1. The Bertz CT molecular complexity index is 735. The molecule has 2 aromatic rings. The van der Waals surface area contributed by atoms with Crippen molar-refractivity contribution >= 4 is 17.5 Å². The van der Waals surface area contributed by atoms with Crippen molar-refractivity contribution < 1.29 is 14.0 Å². The lowest BCUT2D eigenvalue weighted by atomic mass is 10.1. The third-order valence-electron chi connectivity index (χ3n) is 3.59. The van der Waals surface area contributed by atoms with Crippen molar-refractivity contribution in [2.45, 2.75) is 13.0 Å². The van der Waals surface area contributed by atoms with Crippen LogP contribution in [-0.4, -0.2) is 28.2 Å². The van der Waals surface area contributed by atoms with Crippen LogP contribution in [0.5, 0.6) is 0 Å². The number of likely N-dealkylation sites (tertiary alicyclic amines) is 1. The highest BCUT2D eigenvalue weighted by Gasteiger charge is 2.34. The van der Waals surface area contributed by atoms with Gasteiger partial charge >= 0.3 is 0 Å². The fourth-order valence-electron chi connectivity index (χ4n) is 2.45. The molecule has 0 aliphatic carbocycles. The van der Waals surface area contributed by atoms with Crippen LogP contribution in [0.2, 0.25) is 0 Å². The molecule has 7 nitrogen and oxygen atoms in total. The number of nitrogens with zero attached hydrogens (tertiary/aromatic N) is 1. The molecule has 0 unspecified atom stereocenters. The number of hydrogen-bond donors (Lipinski definition) is 2. The third kappa shape index (κ3) is 2.93. The van der Waals surface area contributed by atoms with Crippen LogP contribution in [0.4, 0.5) is 5.69 Å². The van der Waals surface area contributed by atoms with E-state index in [1.165, 1.54) is 12.3 Å². The molecule has 22 heavy (non-hydrogen) atoms. The third-order valence-corrected chi connectivity index (χ3v) is 3.59. The summed E-state index contributed by atoms with van der Waals surface area (Å²) in [4.78, 5) is 39.8. The van der Waals surface area contributed by atoms with Gasteiger partial charge in [-0.15, -0.1) is 0 Å². The molecule has 2 N–H and O–H groups in total. The number of anilines is 1. The zero-order valence-electron chi connectivity index (χ0n) is 11.7. The van der Waals surface area contributed by atoms with E-state index < -0.39 is 5.92 Å². The van der Waals surface area contributed by atoms with Crippen LogP contribution in [0.1, 0.15) is 12.2 Å². The molecule has 3 heterocycles. The maximum atomic E-state index is 12.2. The van der Waals surface area contributed by atoms with Crippen molar-refractivity contribution in [3.8, 4) is 0 Å². The van der Waals surface area contributed by atoms with E-state index in [1.54, 1.807) is 29.4 Å². The number of furan rings is 1. The van der Waals surface area contributed by atoms with Gasteiger partial charge in [0.25, 0.3) is 5.56 Å². The minimum atomic E-state index is -0.470. The van der Waals surface area contributed by atoms with Crippen LogP contribution in [-0.2, 0) is 16.1 Å². The fourth-order valence-corrected chi connectivity index (χ4v) is 2.45. The smallest absolute Gasteiger partial charge is 0.271 e.